The van der Waals surface area contributed by atoms with Crippen LogP contribution < -0.4 is 4.72 Å². The summed E-state index contributed by atoms with van der Waals surface area (Å²) < 4.78 is 37.2. The van der Waals surface area contributed by atoms with Gasteiger partial charge in [-0.25, -0.2) is 17.9 Å². The minimum Gasteiger partial charge on any atom is -0.478 e. The normalized spacial score (nSPS) is 15.3. The summed E-state index contributed by atoms with van der Waals surface area (Å²) >= 11 is 0. The van der Waals surface area contributed by atoms with E-state index in [1.165, 1.54) is 26.7 Å². The van der Waals surface area contributed by atoms with Crippen LogP contribution in [0.5, 0.6) is 0 Å². The zero-order valence-electron chi connectivity index (χ0n) is 12.0. The summed E-state index contributed by atoms with van der Waals surface area (Å²) in [4.78, 5) is 10.9. The summed E-state index contributed by atoms with van der Waals surface area (Å²) in [6.45, 7) is 3.85. The predicted molar refractivity (Wildman–Crippen MR) is 73.9 cm³/mol. The van der Waals surface area contributed by atoms with Gasteiger partial charge in [-0.05, 0) is 32.6 Å². The van der Waals surface area contributed by atoms with Gasteiger partial charge in [0.05, 0.1) is 6.61 Å². The second-order valence-corrected chi connectivity index (χ2v) is 6.84. The Morgan fingerprint density at radius 1 is 1.38 bits per heavy atom. The van der Waals surface area contributed by atoms with Crippen LogP contribution in [0.3, 0.4) is 0 Å². The summed E-state index contributed by atoms with van der Waals surface area (Å²) in [5, 5.41) is 9.12. The van der Waals surface area contributed by atoms with Gasteiger partial charge in [0, 0.05) is 13.2 Å². The maximum absolute atomic E-state index is 12.2. The van der Waals surface area contributed by atoms with Gasteiger partial charge >= 0.3 is 5.97 Å². The quantitative estimate of drug-likeness (QED) is 0.700. The van der Waals surface area contributed by atoms with E-state index in [-0.39, 0.29) is 35.1 Å². The van der Waals surface area contributed by atoms with Crippen molar-refractivity contribution in [2.24, 2.45) is 5.92 Å². The topological polar surface area (TPSA) is 106 Å². The molecule has 1 aromatic heterocycles. The number of hydrogen-bond acceptors (Lipinski definition) is 5. The number of carboxylic acids is 1. The molecule has 0 radical (unpaired) electrons. The zero-order valence-corrected chi connectivity index (χ0v) is 12.8. The van der Waals surface area contributed by atoms with E-state index in [4.69, 9.17) is 14.3 Å². The summed E-state index contributed by atoms with van der Waals surface area (Å²) in [5.74, 6) is -0.574. The van der Waals surface area contributed by atoms with E-state index < -0.39 is 16.0 Å². The molecule has 21 heavy (non-hydrogen) atoms. The SMILES string of the molecule is Cc1oc(C)c(S(=O)(=O)NCCOCC2CC2)c1C(=O)O. The fourth-order valence-corrected chi connectivity index (χ4v) is 3.51. The lowest BCUT2D eigenvalue weighted by atomic mass is 10.2. The molecule has 0 aromatic carbocycles. The first-order chi connectivity index (χ1) is 9.83. The lowest BCUT2D eigenvalue weighted by Crippen LogP contribution is -2.29. The van der Waals surface area contributed by atoms with Crippen molar-refractivity contribution in [2.45, 2.75) is 31.6 Å². The van der Waals surface area contributed by atoms with Crippen molar-refractivity contribution in [3.8, 4) is 0 Å². The van der Waals surface area contributed by atoms with E-state index in [1.807, 2.05) is 0 Å². The molecule has 1 aliphatic carbocycles. The highest BCUT2D eigenvalue weighted by Gasteiger charge is 2.30. The molecule has 1 fully saturated rings. The molecular weight excluding hydrogens is 298 g/mol. The number of rotatable bonds is 8. The highest BCUT2D eigenvalue weighted by Crippen LogP contribution is 2.28. The van der Waals surface area contributed by atoms with Gasteiger partial charge in [-0.1, -0.05) is 0 Å². The summed E-state index contributed by atoms with van der Waals surface area (Å²) in [6, 6.07) is 0. The van der Waals surface area contributed by atoms with Crippen molar-refractivity contribution in [3.63, 3.8) is 0 Å². The summed E-state index contributed by atoms with van der Waals surface area (Å²) in [7, 11) is -3.94. The van der Waals surface area contributed by atoms with E-state index in [0.717, 1.165) is 0 Å². The first-order valence-electron chi connectivity index (χ1n) is 6.73. The van der Waals surface area contributed by atoms with Crippen LogP contribution in [0.2, 0.25) is 0 Å². The molecule has 2 rings (SSSR count). The van der Waals surface area contributed by atoms with Crippen LogP contribution in [0, 0.1) is 19.8 Å². The number of ether oxygens (including phenoxy) is 1. The van der Waals surface area contributed by atoms with E-state index >= 15 is 0 Å². The molecule has 0 saturated heterocycles. The molecule has 118 valence electrons. The molecule has 1 aliphatic rings. The van der Waals surface area contributed by atoms with Gasteiger partial charge in [-0.15, -0.1) is 0 Å². The third kappa shape index (κ3) is 3.84. The fourth-order valence-electron chi connectivity index (χ4n) is 2.09. The van der Waals surface area contributed by atoms with Crippen molar-refractivity contribution in [1.29, 1.82) is 0 Å². The Bertz CT molecular complexity index is 629. The third-order valence-corrected chi connectivity index (χ3v) is 4.89. The summed E-state index contributed by atoms with van der Waals surface area (Å²) in [6.07, 6.45) is 2.34. The maximum atomic E-state index is 12.2. The zero-order chi connectivity index (χ0) is 15.6. The lowest BCUT2D eigenvalue weighted by Gasteiger charge is -2.07. The van der Waals surface area contributed by atoms with Crippen LogP contribution in [0.25, 0.3) is 0 Å². The highest BCUT2D eigenvalue weighted by molar-refractivity contribution is 7.89. The second-order valence-electron chi connectivity index (χ2n) is 5.14. The van der Waals surface area contributed by atoms with Crippen LogP contribution in [-0.4, -0.2) is 39.3 Å². The number of aromatic carboxylic acids is 1. The number of furan rings is 1. The smallest absolute Gasteiger partial charge is 0.340 e. The standard InChI is InChI=1S/C13H19NO6S/c1-8-11(13(15)16)12(9(2)20-8)21(17,18)14-5-6-19-7-10-3-4-10/h10,14H,3-7H2,1-2H3,(H,15,16). The Hall–Kier alpha value is -1.38. The minimum absolute atomic E-state index is 0.0660. The van der Waals surface area contributed by atoms with Gasteiger partial charge in [-0.2, -0.15) is 0 Å². The molecule has 0 spiro atoms. The van der Waals surface area contributed by atoms with Crippen LogP contribution >= 0.6 is 0 Å². The molecule has 0 atom stereocenters. The van der Waals surface area contributed by atoms with E-state index in [1.54, 1.807) is 0 Å². The van der Waals surface area contributed by atoms with Gasteiger partial charge in [0.1, 0.15) is 22.0 Å². The molecule has 8 heteroatoms. The number of nitrogens with one attached hydrogen (secondary N) is 1. The van der Waals surface area contributed by atoms with Crippen LogP contribution in [0.4, 0.5) is 0 Å². The van der Waals surface area contributed by atoms with Gasteiger partial charge < -0.3 is 14.3 Å². The van der Waals surface area contributed by atoms with Crippen molar-refractivity contribution in [3.05, 3.63) is 17.1 Å². The van der Waals surface area contributed by atoms with E-state index in [0.29, 0.717) is 12.5 Å². The molecule has 0 bridgehead atoms. The average Bonchev–Trinajstić information content (AvgIpc) is 3.12. The predicted octanol–water partition coefficient (Wildman–Crippen LogP) is 1.30. The average molecular weight is 317 g/mol. The first-order valence-corrected chi connectivity index (χ1v) is 8.22. The first kappa shape index (κ1) is 16.0. The number of carboxylic acid groups (broad SMARTS) is 1. The van der Waals surface area contributed by atoms with Crippen molar-refractivity contribution in [1.82, 2.24) is 4.72 Å². The Kier molecular flexibility index (Phi) is 4.70. The molecule has 0 unspecified atom stereocenters. The maximum Gasteiger partial charge on any atom is 0.340 e. The Morgan fingerprint density at radius 3 is 2.62 bits per heavy atom. The van der Waals surface area contributed by atoms with Crippen LogP contribution in [0.15, 0.2) is 9.31 Å². The van der Waals surface area contributed by atoms with Gasteiger partial charge in [0.2, 0.25) is 10.0 Å². The van der Waals surface area contributed by atoms with Gasteiger partial charge in [0.25, 0.3) is 0 Å². The van der Waals surface area contributed by atoms with Crippen molar-refractivity contribution < 1.29 is 27.5 Å². The monoisotopic (exact) mass is 317 g/mol. The molecule has 1 saturated carbocycles. The molecule has 2 N–H and O–H groups in total. The summed E-state index contributed by atoms with van der Waals surface area (Å²) in [5.41, 5.74) is -0.320. The Balaban J connectivity index is 2.02. The number of carbonyl (C=O) groups is 1. The van der Waals surface area contributed by atoms with E-state index in [9.17, 15) is 13.2 Å². The molecular formula is C13H19NO6S. The Labute approximate surface area is 123 Å². The van der Waals surface area contributed by atoms with Crippen LogP contribution in [-0.2, 0) is 14.8 Å². The molecule has 7 nitrogen and oxygen atoms in total. The fraction of sp³-hybridized carbons (Fsp3) is 0.615. The number of aryl methyl sites for hydroxylation is 2. The van der Waals surface area contributed by atoms with E-state index in [2.05, 4.69) is 4.72 Å². The van der Waals surface area contributed by atoms with Crippen molar-refractivity contribution in [2.75, 3.05) is 19.8 Å². The second kappa shape index (κ2) is 6.17. The van der Waals surface area contributed by atoms with Crippen molar-refractivity contribution >= 4 is 16.0 Å². The molecule has 0 amide bonds. The number of sulfonamides is 1. The highest BCUT2D eigenvalue weighted by atomic mass is 32.2. The molecule has 1 heterocycles. The molecule has 1 aromatic rings. The van der Waals surface area contributed by atoms with Crippen LogP contribution in [0.1, 0.15) is 34.7 Å². The Morgan fingerprint density at radius 2 is 2.05 bits per heavy atom. The lowest BCUT2D eigenvalue weighted by molar-refractivity contribution is 0.0691. The minimum atomic E-state index is -3.94. The number of hydrogen-bond donors (Lipinski definition) is 2. The molecule has 0 aliphatic heterocycles. The third-order valence-electron chi connectivity index (χ3n) is 3.28. The largest absolute Gasteiger partial charge is 0.478 e. The van der Waals surface area contributed by atoms with Gasteiger partial charge in [-0.3, -0.25) is 0 Å². The van der Waals surface area contributed by atoms with Gasteiger partial charge in [0.15, 0.2) is 0 Å².